The molecule has 1 aromatic carbocycles. The Hall–Kier alpha value is -2.54. The second-order valence-corrected chi connectivity index (χ2v) is 4.03. The van der Waals surface area contributed by atoms with E-state index in [9.17, 15) is 0 Å². The van der Waals surface area contributed by atoms with Crippen LogP contribution in [0.1, 0.15) is 24.1 Å². The molecule has 0 aliphatic rings. The van der Waals surface area contributed by atoms with Crippen LogP contribution >= 0.6 is 0 Å². The van der Waals surface area contributed by atoms with E-state index in [0.29, 0.717) is 11.3 Å². The zero-order valence-corrected chi connectivity index (χ0v) is 10.1. The molecule has 2 aromatic rings. The van der Waals surface area contributed by atoms with Crippen LogP contribution in [0.5, 0.6) is 0 Å². The SMILES string of the molecule is CC(Nc1cccc(C#N)c1N)c1cccnc1. The van der Waals surface area contributed by atoms with Crippen LogP contribution in [0.4, 0.5) is 11.4 Å². The number of aromatic nitrogens is 1. The zero-order chi connectivity index (χ0) is 13.0. The highest BCUT2D eigenvalue weighted by molar-refractivity contribution is 5.73. The molecule has 0 amide bonds. The van der Waals surface area contributed by atoms with Crippen molar-refractivity contribution in [1.82, 2.24) is 4.98 Å². The number of nitrogen functional groups attached to an aromatic ring is 1. The van der Waals surface area contributed by atoms with Gasteiger partial charge in [-0.15, -0.1) is 0 Å². The van der Waals surface area contributed by atoms with E-state index in [1.165, 1.54) is 0 Å². The number of hydrogen-bond donors (Lipinski definition) is 2. The van der Waals surface area contributed by atoms with Gasteiger partial charge < -0.3 is 11.1 Å². The summed E-state index contributed by atoms with van der Waals surface area (Å²) in [6.45, 7) is 2.02. The Balaban J connectivity index is 2.23. The first-order valence-corrected chi connectivity index (χ1v) is 5.67. The Morgan fingerprint density at radius 1 is 1.33 bits per heavy atom. The Morgan fingerprint density at radius 3 is 2.83 bits per heavy atom. The molecule has 0 saturated carbocycles. The van der Waals surface area contributed by atoms with Crippen LogP contribution < -0.4 is 11.1 Å². The van der Waals surface area contributed by atoms with Gasteiger partial charge in [-0.05, 0) is 30.7 Å². The highest BCUT2D eigenvalue weighted by Crippen LogP contribution is 2.26. The standard InChI is InChI=1S/C14H14N4/c1-10(12-5-3-7-17-9-12)18-13-6-2-4-11(8-15)14(13)16/h2-7,9-10,18H,16H2,1H3. The van der Waals surface area contributed by atoms with Gasteiger partial charge in [0.1, 0.15) is 6.07 Å². The Labute approximate surface area is 106 Å². The number of anilines is 2. The smallest absolute Gasteiger partial charge is 0.101 e. The van der Waals surface area contributed by atoms with E-state index in [1.54, 1.807) is 12.3 Å². The molecule has 0 spiro atoms. The number of para-hydroxylation sites is 1. The van der Waals surface area contributed by atoms with E-state index >= 15 is 0 Å². The quantitative estimate of drug-likeness (QED) is 0.806. The molecule has 4 nitrogen and oxygen atoms in total. The lowest BCUT2D eigenvalue weighted by atomic mass is 10.1. The van der Waals surface area contributed by atoms with E-state index < -0.39 is 0 Å². The lowest BCUT2D eigenvalue weighted by Crippen LogP contribution is -2.09. The van der Waals surface area contributed by atoms with Gasteiger partial charge in [-0.1, -0.05) is 12.1 Å². The molecule has 90 valence electrons. The van der Waals surface area contributed by atoms with Gasteiger partial charge in [0.25, 0.3) is 0 Å². The van der Waals surface area contributed by atoms with Gasteiger partial charge in [-0.3, -0.25) is 4.98 Å². The van der Waals surface area contributed by atoms with Crippen molar-refractivity contribution < 1.29 is 0 Å². The predicted octanol–water partition coefficient (Wildman–Crippen LogP) is 2.71. The third-order valence-electron chi connectivity index (χ3n) is 2.78. The average molecular weight is 238 g/mol. The molecule has 0 aliphatic heterocycles. The molecule has 0 saturated heterocycles. The molecule has 1 heterocycles. The minimum Gasteiger partial charge on any atom is -0.396 e. The first kappa shape index (κ1) is 11.9. The molecule has 0 aliphatic carbocycles. The van der Waals surface area contributed by atoms with Crippen molar-refractivity contribution in [2.24, 2.45) is 0 Å². The molecule has 0 bridgehead atoms. The van der Waals surface area contributed by atoms with Crippen LogP contribution in [0, 0.1) is 11.3 Å². The number of nitrogens with two attached hydrogens (primary N) is 1. The van der Waals surface area contributed by atoms with Crippen LogP contribution in [0.3, 0.4) is 0 Å². The van der Waals surface area contributed by atoms with Crippen LogP contribution in [-0.2, 0) is 0 Å². The number of pyridine rings is 1. The lowest BCUT2D eigenvalue weighted by Gasteiger charge is -2.17. The van der Waals surface area contributed by atoms with Crippen molar-refractivity contribution in [3.63, 3.8) is 0 Å². The maximum atomic E-state index is 8.93. The van der Waals surface area contributed by atoms with Gasteiger partial charge in [-0.25, -0.2) is 0 Å². The highest BCUT2D eigenvalue weighted by Gasteiger charge is 2.09. The Morgan fingerprint density at radius 2 is 2.17 bits per heavy atom. The zero-order valence-electron chi connectivity index (χ0n) is 10.1. The number of nitrogens with one attached hydrogen (secondary N) is 1. The molecular formula is C14H14N4. The topological polar surface area (TPSA) is 74.7 Å². The third-order valence-corrected chi connectivity index (χ3v) is 2.78. The molecule has 2 rings (SSSR count). The summed E-state index contributed by atoms with van der Waals surface area (Å²) in [5, 5.41) is 12.2. The molecule has 0 radical (unpaired) electrons. The third kappa shape index (κ3) is 2.41. The van der Waals surface area contributed by atoms with Crippen molar-refractivity contribution in [3.8, 4) is 6.07 Å². The summed E-state index contributed by atoms with van der Waals surface area (Å²) in [6, 6.07) is 11.4. The average Bonchev–Trinajstić information content (AvgIpc) is 2.42. The van der Waals surface area contributed by atoms with Crippen LogP contribution in [0.15, 0.2) is 42.7 Å². The summed E-state index contributed by atoms with van der Waals surface area (Å²) >= 11 is 0. The maximum Gasteiger partial charge on any atom is 0.101 e. The molecule has 3 N–H and O–H groups in total. The minimum atomic E-state index is 0.0787. The van der Waals surface area contributed by atoms with E-state index in [0.717, 1.165) is 11.3 Å². The molecule has 4 heteroatoms. The predicted molar refractivity (Wildman–Crippen MR) is 71.8 cm³/mol. The lowest BCUT2D eigenvalue weighted by molar-refractivity contribution is 0.876. The monoisotopic (exact) mass is 238 g/mol. The fourth-order valence-corrected chi connectivity index (χ4v) is 1.74. The highest BCUT2D eigenvalue weighted by atomic mass is 14.9. The molecule has 18 heavy (non-hydrogen) atoms. The van der Waals surface area contributed by atoms with Gasteiger partial charge in [-0.2, -0.15) is 5.26 Å². The summed E-state index contributed by atoms with van der Waals surface area (Å²) in [7, 11) is 0. The molecule has 1 unspecified atom stereocenters. The molecular weight excluding hydrogens is 224 g/mol. The van der Waals surface area contributed by atoms with E-state index in [1.807, 2.05) is 37.4 Å². The first-order chi connectivity index (χ1) is 8.72. The van der Waals surface area contributed by atoms with Gasteiger partial charge in [0.05, 0.1) is 23.0 Å². The van der Waals surface area contributed by atoms with Gasteiger partial charge >= 0.3 is 0 Å². The second kappa shape index (κ2) is 5.19. The first-order valence-electron chi connectivity index (χ1n) is 5.67. The fraction of sp³-hybridized carbons (Fsp3) is 0.143. The van der Waals surface area contributed by atoms with E-state index in [-0.39, 0.29) is 6.04 Å². The summed E-state index contributed by atoms with van der Waals surface area (Å²) in [4.78, 5) is 4.08. The minimum absolute atomic E-state index is 0.0787. The van der Waals surface area contributed by atoms with Gasteiger partial charge in [0.15, 0.2) is 0 Å². The molecule has 1 atom stereocenters. The summed E-state index contributed by atoms with van der Waals surface area (Å²) < 4.78 is 0. The number of nitriles is 1. The van der Waals surface area contributed by atoms with Gasteiger partial charge in [0.2, 0.25) is 0 Å². The number of hydrogen-bond acceptors (Lipinski definition) is 4. The molecule has 0 fully saturated rings. The van der Waals surface area contributed by atoms with E-state index in [2.05, 4.69) is 16.4 Å². The fourth-order valence-electron chi connectivity index (χ4n) is 1.74. The normalized spacial score (nSPS) is 11.6. The van der Waals surface area contributed by atoms with Crippen molar-refractivity contribution in [2.45, 2.75) is 13.0 Å². The summed E-state index contributed by atoms with van der Waals surface area (Å²) in [5.74, 6) is 0. The number of nitrogens with zero attached hydrogens (tertiary/aromatic N) is 2. The van der Waals surface area contributed by atoms with Crippen molar-refractivity contribution in [3.05, 3.63) is 53.9 Å². The summed E-state index contributed by atoms with van der Waals surface area (Å²) in [6.07, 6.45) is 3.54. The molecule has 1 aromatic heterocycles. The van der Waals surface area contributed by atoms with E-state index in [4.69, 9.17) is 11.0 Å². The Bertz CT molecular complexity index is 572. The van der Waals surface area contributed by atoms with Crippen molar-refractivity contribution in [1.29, 1.82) is 5.26 Å². The largest absolute Gasteiger partial charge is 0.396 e. The van der Waals surface area contributed by atoms with Crippen molar-refractivity contribution >= 4 is 11.4 Å². The number of rotatable bonds is 3. The van der Waals surface area contributed by atoms with Gasteiger partial charge in [0, 0.05) is 12.4 Å². The summed E-state index contributed by atoms with van der Waals surface area (Å²) in [5.41, 5.74) is 8.72. The Kier molecular flexibility index (Phi) is 3.44. The van der Waals surface area contributed by atoms with Crippen molar-refractivity contribution in [2.75, 3.05) is 11.1 Å². The second-order valence-electron chi connectivity index (χ2n) is 4.03. The van der Waals surface area contributed by atoms with Crippen LogP contribution in [-0.4, -0.2) is 4.98 Å². The number of benzene rings is 1. The van der Waals surface area contributed by atoms with Crippen LogP contribution in [0.2, 0.25) is 0 Å². The van der Waals surface area contributed by atoms with Crippen LogP contribution in [0.25, 0.3) is 0 Å². The maximum absolute atomic E-state index is 8.93.